The molecule has 3 heteroatoms. The molecule has 0 radical (unpaired) electrons. The van der Waals surface area contributed by atoms with Crippen molar-refractivity contribution in [3.63, 3.8) is 0 Å². The maximum absolute atomic E-state index is 10.7. The van der Waals surface area contributed by atoms with Crippen LogP contribution in [0.15, 0.2) is 0 Å². The molecule has 0 aliphatic heterocycles. The Morgan fingerprint density at radius 2 is 1.67 bits per heavy atom. The van der Waals surface area contributed by atoms with E-state index in [-0.39, 0.29) is 0 Å². The molecule has 0 amide bonds. The van der Waals surface area contributed by atoms with E-state index in [0.29, 0.717) is 12.8 Å². The van der Waals surface area contributed by atoms with Crippen LogP contribution in [0.5, 0.6) is 0 Å². The fourth-order valence-electron chi connectivity index (χ4n) is 1.75. The van der Waals surface area contributed by atoms with Gasteiger partial charge >= 0.3 is 5.97 Å². The molecule has 2 atom stereocenters. The van der Waals surface area contributed by atoms with Gasteiger partial charge in [0.05, 0.1) is 12.0 Å². The summed E-state index contributed by atoms with van der Waals surface area (Å²) in [5, 5.41) is 18.2. The Hall–Kier alpha value is -0.570. The number of hydrogen-bond donors (Lipinski definition) is 2. The summed E-state index contributed by atoms with van der Waals surface area (Å²) in [5.41, 5.74) is 0. The highest BCUT2D eigenvalue weighted by Crippen LogP contribution is 2.22. The molecule has 2 N–H and O–H groups in total. The highest BCUT2D eigenvalue weighted by Gasteiger charge is 2.26. The molecule has 1 saturated carbocycles. The Labute approximate surface area is 72.4 Å². The monoisotopic (exact) mass is 172 g/mol. The van der Waals surface area contributed by atoms with E-state index in [1.807, 2.05) is 0 Å². The van der Waals surface area contributed by atoms with E-state index >= 15 is 0 Å². The molecule has 1 rings (SSSR count). The molecule has 1 fully saturated rings. The lowest BCUT2D eigenvalue weighted by atomic mass is 9.89. The zero-order valence-corrected chi connectivity index (χ0v) is 7.20. The number of carboxylic acid groups (broad SMARTS) is 1. The van der Waals surface area contributed by atoms with Gasteiger partial charge in [0.2, 0.25) is 0 Å². The van der Waals surface area contributed by atoms with Crippen molar-refractivity contribution in [1.29, 1.82) is 0 Å². The molecule has 1 aliphatic rings. The minimum absolute atomic E-state index is 0.523. The Morgan fingerprint density at radius 3 is 2.25 bits per heavy atom. The van der Waals surface area contributed by atoms with Crippen LogP contribution in [0.3, 0.4) is 0 Å². The summed E-state index contributed by atoms with van der Waals surface area (Å²) in [6, 6.07) is 0. The summed E-state index contributed by atoms with van der Waals surface area (Å²) in [5.74, 6) is -1.37. The third kappa shape index (κ3) is 2.48. The molecule has 0 aromatic rings. The maximum atomic E-state index is 10.7. The first-order chi connectivity index (χ1) is 5.72. The Kier molecular flexibility index (Phi) is 3.53. The zero-order valence-electron chi connectivity index (χ0n) is 7.20. The van der Waals surface area contributed by atoms with Crippen LogP contribution in [0.4, 0.5) is 0 Å². The summed E-state index contributed by atoms with van der Waals surface area (Å²) >= 11 is 0. The van der Waals surface area contributed by atoms with Gasteiger partial charge in [-0.15, -0.1) is 0 Å². The van der Waals surface area contributed by atoms with E-state index in [1.165, 1.54) is 0 Å². The normalized spacial score (nSPS) is 32.1. The maximum Gasteiger partial charge on any atom is 0.309 e. The first-order valence-corrected chi connectivity index (χ1v) is 4.62. The van der Waals surface area contributed by atoms with Crippen LogP contribution in [0, 0.1) is 5.92 Å². The largest absolute Gasteiger partial charge is 0.481 e. The summed E-state index contributed by atoms with van der Waals surface area (Å²) in [7, 11) is 0. The van der Waals surface area contributed by atoms with Gasteiger partial charge < -0.3 is 10.2 Å². The van der Waals surface area contributed by atoms with Crippen LogP contribution in [-0.2, 0) is 4.79 Å². The van der Waals surface area contributed by atoms with E-state index in [0.717, 1.165) is 25.7 Å². The molecule has 12 heavy (non-hydrogen) atoms. The van der Waals surface area contributed by atoms with Crippen LogP contribution in [0.1, 0.15) is 38.5 Å². The Morgan fingerprint density at radius 1 is 1.08 bits per heavy atom. The quantitative estimate of drug-likeness (QED) is 0.628. The zero-order chi connectivity index (χ0) is 8.97. The molecular formula is C9H16O3. The average molecular weight is 172 g/mol. The average Bonchev–Trinajstić information content (AvgIpc) is 1.96. The lowest BCUT2D eigenvalue weighted by Gasteiger charge is -2.21. The van der Waals surface area contributed by atoms with Crippen molar-refractivity contribution in [2.75, 3.05) is 0 Å². The van der Waals surface area contributed by atoms with Gasteiger partial charge in [0.1, 0.15) is 0 Å². The molecule has 0 aromatic carbocycles. The number of aliphatic hydroxyl groups excluding tert-OH is 1. The van der Waals surface area contributed by atoms with Crippen LogP contribution in [0.2, 0.25) is 0 Å². The van der Waals surface area contributed by atoms with Crippen molar-refractivity contribution in [2.24, 2.45) is 5.92 Å². The van der Waals surface area contributed by atoms with Gasteiger partial charge in [0.15, 0.2) is 0 Å². The molecule has 0 bridgehead atoms. The lowest BCUT2D eigenvalue weighted by molar-refractivity contribution is -0.146. The molecule has 0 unspecified atom stereocenters. The summed E-state index contributed by atoms with van der Waals surface area (Å²) in [4.78, 5) is 10.7. The third-order valence-electron chi connectivity index (χ3n) is 2.55. The molecule has 0 saturated heterocycles. The van der Waals surface area contributed by atoms with E-state index < -0.39 is 18.0 Å². The van der Waals surface area contributed by atoms with Gasteiger partial charge in [-0.05, 0) is 12.8 Å². The SMILES string of the molecule is O=C(O)[C@H]1CCCCCC[C@H]1O. The minimum atomic E-state index is -0.843. The third-order valence-corrected chi connectivity index (χ3v) is 2.55. The fourth-order valence-corrected chi connectivity index (χ4v) is 1.75. The van der Waals surface area contributed by atoms with Crippen molar-refractivity contribution < 1.29 is 15.0 Å². The van der Waals surface area contributed by atoms with Crippen LogP contribution < -0.4 is 0 Å². The first-order valence-electron chi connectivity index (χ1n) is 4.62. The van der Waals surface area contributed by atoms with Crippen molar-refractivity contribution in [3.05, 3.63) is 0 Å². The Bertz CT molecular complexity index is 156. The van der Waals surface area contributed by atoms with Gasteiger partial charge in [-0.3, -0.25) is 4.79 Å². The summed E-state index contributed by atoms with van der Waals surface area (Å²) in [6.07, 6.45) is 4.80. The second kappa shape index (κ2) is 4.45. The molecular weight excluding hydrogens is 156 g/mol. The molecule has 0 aromatic heterocycles. The highest BCUT2D eigenvalue weighted by atomic mass is 16.4. The second-order valence-electron chi connectivity index (χ2n) is 3.50. The van der Waals surface area contributed by atoms with Crippen LogP contribution >= 0.6 is 0 Å². The van der Waals surface area contributed by atoms with Crippen molar-refractivity contribution in [3.8, 4) is 0 Å². The molecule has 70 valence electrons. The molecule has 0 heterocycles. The Balaban J connectivity index is 2.48. The highest BCUT2D eigenvalue weighted by molar-refractivity contribution is 5.70. The standard InChI is InChI=1S/C9H16O3/c10-8-6-4-2-1-3-5-7(8)9(11)12/h7-8,10H,1-6H2,(H,11,12)/t7-,8+/m0/s1. The number of rotatable bonds is 1. The topological polar surface area (TPSA) is 57.5 Å². The van der Waals surface area contributed by atoms with Crippen molar-refractivity contribution >= 4 is 5.97 Å². The van der Waals surface area contributed by atoms with Crippen molar-refractivity contribution in [2.45, 2.75) is 44.6 Å². The van der Waals surface area contributed by atoms with Crippen molar-refractivity contribution in [1.82, 2.24) is 0 Å². The number of carbonyl (C=O) groups is 1. The van der Waals surface area contributed by atoms with Crippen LogP contribution in [0.25, 0.3) is 0 Å². The van der Waals surface area contributed by atoms with Crippen LogP contribution in [-0.4, -0.2) is 22.3 Å². The van der Waals surface area contributed by atoms with E-state index in [1.54, 1.807) is 0 Å². The summed E-state index contributed by atoms with van der Waals surface area (Å²) < 4.78 is 0. The molecule has 3 nitrogen and oxygen atoms in total. The van der Waals surface area contributed by atoms with E-state index in [2.05, 4.69) is 0 Å². The number of carboxylic acids is 1. The fraction of sp³-hybridized carbons (Fsp3) is 0.889. The molecule has 1 aliphatic carbocycles. The van der Waals surface area contributed by atoms with Gasteiger partial charge in [0, 0.05) is 0 Å². The smallest absolute Gasteiger partial charge is 0.309 e. The first kappa shape index (κ1) is 9.52. The predicted octanol–water partition coefficient (Wildman–Crippen LogP) is 1.40. The number of hydrogen-bond acceptors (Lipinski definition) is 2. The second-order valence-corrected chi connectivity index (χ2v) is 3.50. The number of aliphatic carboxylic acids is 1. The van der Waals surface area contributed by atoms with Gasteiger partial charge in [-0.2, -0.15) is 0 Å². The molecule has 0 spiro atoms. The summed E-state index contributed by atoms with van der Waals surface area (Å²) in [6.45, 7) is 0. The number of aliphatic hydroxyl groups is 1. The van der Waals surface area contributed by atoms with E-state index in [4.69, 9.17) is 5.11 Å². The van der Waals surface area contributed by atoms with Gasteiger partial charge in [-0.25, -0.2) is 0 Å². The predicted molar refractivity (Wildman–Crippen MR) is 44.8 cm³/mol. The van der Waals surface area contributed by atoms with Gasteiger partial charge in [-0.1, -0.05) is 25.7 Å². The van der Waals surface area contributed by atoms with E-state index in [9.17, 15) is 9.90 Å². The lowest BCUT2D eigenvalue weighted by Crippen LogP contribution is -2.29. The minimum Gasteiger partial charge on any atom is -0.481 e. The van der Waals surface area contributed by atoms with Gasteiger partial charge in [0.25, 0.3) is 0 Å².